The highest BCUT2D eigenvalue weighted by atomic mass is 79.9. The lowest BCUT2D eigenvalue weighted by molar-refractivity contribution is 0.303. The van der Waals surface area contributed by atoms with E-state index in [0.29, 0.717) is 22.9 Å². The third-order valence-electron chi connectivity index (χ3n) is 4.61. The maximum Gasteiger partial charge on any atom is 0.149 e. The zero-order valence-corrected chi connectivity index (χ0v) is 18.1. The summed E-state index contributed by atoms with van der Waals surface area (Å²) in [6, 6.07) is 19.5. The predicted molar refractivity (Wildman–Crippen MR) is 121 cm³/mol. The van der Waals surface area contributed by atoms with Gasteiger partial charge in [-0.25, -0.2) is 9.37 Å². The van der Waals surface area contributed by atoms with Crippen LogP contribution in [0.25, 0.3) is 22.7 Å². The Labute approximate surface area is 186 Å². The van der Waals surface area contributed by atoms with E-state index in [9.17, 15) is 9.65 Å². The minimum absolute atomic E-state index is 0.247. The summed E-state index contributed by atoms with van der Waals surface area (Å²) in [5.74, 6) is 1.51. The van der Waals surface area contributed by atoms with Gasteiger partial charge in [-0.05, 0) is 69.5 Å². The van der Waals surface area contributed by atoms with Crippen LogP contribution in [-0.2, 0) is 6.61 Å². The molecule has 0 spiro atoms. The average molecular weight is 478 g/mol. The van der Waals surface area contributed by atoms with Crippen molar-refractivity contribution in [2.75, 3.05) is 7.11 Å². The maximum atomic E-state index is 13.3. The molecule has 4 rings (SSSR count). The molecule has 0 fully saturated rings. The summed E-state index contributed by atoms with van der Waals surface area (Å²) < 4.78 is 25.1. The standard InChI is InChI=1S/C24H17BrFN3O2/c1-30-19-6-7-21-22(12-19)29-24(28-21)17(13-27)9-15-5-8-23(20(25)11-15)31-14-16-3-2-4-18(26)10-16/h2-12H,14H2,1H3,(H,28,29)/b17-9-. The highest BCUT2D eigenvalue weighted by Crippen LogP contribution is 2.29. The van der Waals surface area contributed by atoms with Gasteiger partial charge in [0, 0.05) is 6.07 Å². The Kier molecular flexibility index (Phi) is 6.01. The summed E-state index contributed by atoms with van der Waals surface area (Å²) in [4.78, 5) is 7.66. The summed E-state index contributed by atoms with van der Waals surface area (Å²) in [5.41, 5.74) is 3.48. The van der Waals surface area contributed by atoms with Gasteiger partial charge in [0.15, 0.2) is 0 Å². The van der Waals surface area contributed by atoms with E-state index in [-0.39, 0.29) is 12.4 Å². The van der Waals surface area contributed by atoms with Gasteiger partial charge in [-0.15, -0.1) is 0 Å². The summed E-state index contributed by atoms with van der Waals surface area (Å²) in [6.45, 7) is 0.247. The van der Waals surface area contributed by atoms with Crippen molar-refractivity contribution in [1.29, 1.82) is 5.26 Å². The van der Waals surface area contributed by atoms with Gasteiger partial charge in [0.05, 0.1) is 28.2 Å². The van der Waals surface area contributed by atoms with Crippen LogP contribution in [0.2, 0.25) is 0 Å². The van der Waals surface area contributed by atoms with E-state index in [4.69, 9.17) is 9.47 Å². The van der Waals surface area contributed by atoms with Crippen LogP contribution in [0, 0.1) is 17.1 Å². The number of nitriles is 1. The SMILES string of the molecule is COc1ccc2nc(/C(C#N)=C\c3ccc(OCc4cccc(F)c4)c(Br)c3)[nH]c2c1. The second-order valence-electron chi connectivity index (χ2n) is 6.75. The van der Waals surface area contributed by atoms with Crippen molar-refractivity contribution in [3.05, 3.63) is 87.9 Å². The van der Waals surface area contributed by atoms with Crippen LogP contribution in [0.1, 0.15) is 17.0 Å². The molecular formula is C24H17BrFN3O2. The number of aromatic amines is 1. The lowest BCUT2D eigenvalue weighted by Crippen LogP contribution is -1.96. The van der Waals surface area contributed by atoms with Gasteiger partial charge in [0.25, 0.3) is 0 Å². The Morgan fingerprint density at radius 2 is 2.06 bits per heavy atom. The molecule has 0 bridgehead atoms. The number of H-pyrrole nitrogens is 1. The maximum absolute atomic E-state index is 13.3. The Morgan fingerprint density at radius 3 is 2.81 bits per heavy atom. The van der Waals surface area contributed by atoms with Crippen molar-refractivity contribution < 1.29 is 13.9 Å². The minimum Gasteiger partial charge on any atom is -0.497 e. The molecule has 0 amide bonds. The van der Waals surface area contributed by atoms with Gasteiger partial charge >= 0.3 is 0 Å². The number of benzene rings is 3. The third kappa shape index (κ3) is 4.76. The number of halogens is 2. The molecule has 0 saturated heterocycles. The largest absolute Gasteiger partial charge is 0.497 e. The fraction of sp³-hybridized carbons (Fsp3) is 0.0833. The molecule has 0 unspecified atom stereocenters. The van der Waals surface area contributed by atoms with Crippen molar-refractivity contribution >= 4 is 38.6 Å². The number of ether oxygens (including phenoxy) is 2. The first-order valence-corrected chi connectivity index (χ1v) is 10.2. The predicted octanol–water partition coefficient (Wildman–Crippen LogP) is 6.12. The fourth-order valence-electron chi connectivity index (χ4n) is 3.08. The normalized spacial score (nSPS) is 11.4. The van der Waals surface area contributed by atoms with Crippen molar-refractivity contribution in [3.63, 3.8) is 0 Å². The van der Waals surface area contributed by atoms with Crippen LogP contribution >= 0.6 is 15.9 Å². The smallest absolute Gasteiger partial charge is 0.149 e. The minimum atomic E-state index is -0.297. The molecule has 7 heteroatoms. The van der Waals surface area contributed by atoms with E-state index in [0.717, 1.165) is 26.6 Å². The number of rotatable bonds is 6. The number of fused-ring (bicyclic) bond motifs is 1. The number of methoxy groups -OCH3 is 1. The Balaban J connectivity index is 1.55. The van der Waals surface area contributed by atoms with Crippen LogP contribution in [0.4, 0.5) is 4.39 Å². The first-order chi connectivity index (χ1) is 15.1. The van der Waals surface area contributed by atoms with E-state index >= 15 is 0 Å². The van der Waals surface area contributed by atoms with Crippen LogP contribution in [0.15, 0.2) is 65.1 Å². The van der Waals surface area contributed by atoms with E-state index < -0.39 is 0 Å². The van der Waals surface area contributed by atoms with Gasteiger partial charge in [-0.3, -0.25) is 0 Å². The summed E-state index contributed by atoms with van der Waals surface area (Å²) in [5, 5.41) is 9.65. The Morgan fingerprint density at radius 1 is 1.19 bits per heavy atom. The first kappa shape index (κ1) is 20.6. The monoisotopic (exact) mass is 477 g/mol. The average Bonchev–Trinajstić information content (AvgIpc) is 3.20. The van der Waals surface area contributed by atoms with E-state index in [1.807, 2.05) is 30.3 Å². The fourth-order valence-corrected chi connectivity index (χ4v) is 3.59. The third-order valence-corrected chi connectivity index (χ3v) is 5.23. The van der Waals surface area contributed by atoms with Gasteiger partial charge in [-0.1, -0.05) is 18.2 Å². The Hall–Kier alpha value is -3.63. The number of aromatic nitrogens is 2. The van der Waals surface area contributed by atoms with Crippen molar-refractivity contribution in [3.8, 4) is 17.6 Å². The highest BCUT2D eigenvalue weighted by molar-refractivity contribution is 9.10. The highest BCUT2D eigenvalue weighted by Gasteiger charge is 2.10. The lowest BCUT2D eigenvalue weighted by Gasteiger charge is -2.09. The second-order valence-corrected chi connectivity index (χ2v) is 7.60. The van der Waals surface area contributed by atoms with Crippen LogP contribution in [-0.4, -0.2) is 17.1 Å². The molecule has 3 aromatic carbocycles. The van der Waals surface area contributed by atoms with Gasteiger partial charge in [-0.2, -0.15) is 5.26 Å². The number of nitrogens with one attached hydrogen (secondary N) is 1. The zero-order chi connectivity index (χ0) is 21.8. The number of hydrogen-bond donors (Lipinski definition) is 1. The zero-order valence-electron chi connectivity index (χ0n) is 16.5. The molecule has 1 aromatic heterocycles. The molecule has 1 N–H and O–H groups in total. The van der Waals surface area contributed by atoms with Crippen molar-refractivity contribution in [1.82, 2.24) is 9.97 Å². The molecule has 0 atom stereocenters. The van der Waals surface area contributed by atoms with E-state index in [2.05, 4.69) is 32.0 Å². The summed E-state index contributed by atoms with van der Waals surface area (Å²) >= 11 is 3.50. The molecule has 0 aliphatic rings. The number of allylic oxidation sites excluding steroid dienone is 1. The van der Waals surface area contributed by atoms with Crippen molar-refractivity contribution in [2.24, 2.45) is 0 Å². The molecule has 5 nitrogen and oxygen atoms in total. The molecule has 0 aliphatic carbocycles. The molecular weight excluding hydrogens is 461 g/mol. The van der Waals surface area contributed by atoms with Crippen LogP contribution < -0.4 is 9.47 Å². The quantitative estimate of drug-likeness (QED) is 0.339. The molecule has 1 heterocycles. The molecule has 0 saturated carbocycles. The van der Waals surface area contributed by atoms with E-state index in [1.54, 1.807) is 31.4 Å². The van der Waals surface area contributed by atoms with Gasteiger partial charge in [0.1, 0.15) is 35.8 Å². The molecule has 4 aromatic rings. The summed E-state index contributed by atoms with van der Waals surface area (Å²) in [7, 11) is 1.60. The molecule has 0 aliphatic heterocycles. The van der Waals surface area contributed by atoms with E-state index in [1.165, 1.54) is 12.1 Å². The van der Waals surface area contributed by atoms with Crippen LogP contribution in [0.3, 0.4) is 0 Å². The first-order valence-electron chi connectivity index (χ1n) is 9.38. The van der Waals surface area contributed by atoms with Crippen molar-refractivity contribution in [2.45, 2.75) is 6.61 Å². The second kappa shape index (κ2) is 9.02. The van der Waals surface area contributed by atoms with Crippen LogP contribution in [0.5, 0.6) is 11.5 Å². The molecule has 0 radical (unpaired) electrons. The number of nitrogens with zero attached hydrogens (tertiary/aromatic N) is 2. The lowest BCUT2D eigenvalue weighted by atomic mass is 10.1. The molecule has 31 heavy (non-hydrogen) atoms. The van der Waals surface area contributed by atoms with Gasteiger partial charge < -0.3 is 14.5 Å². The topological polar surface area (TPSA) is 70.9 Å². The summed E-state index contributed by atoms with van der Waals surface area (Å²) in [6.07, 6.45) is 1.75. The Bertz CT molecular complexity index is 1320. The number of imidazole rings is 1. The number of hydrogen-bond acceptors (Lipinski definition) is 4. The van der Waals surface area contributed by atoms with Gasteiger partial charge in [0.2, 0.25) is 0 Å². The molecule has 154 valence electrons.